The summed E-state index contributed by atoms with van der Waals surface area (Å²) in [6.45, 7) is 0.528. The van der Waals surface area contributed by atoms with Crippen LogP contribution in [0.1, 0.15) is 25.7 Å². The van der Waals surface area contributed by atoms with Crippen LogP contribution in [0.25, 0.3) is 0 Å². The number of unbranched alkanes of at least 4 members (excludes halogenated alkanes) is 2. The molecule has 1 heterocycles. The highest BCUT2D eigenvalue weighted by Crippen LogP contribution is 2.07. The number of hydrogen-bond acceptors (Lipinski definition) is 5. The van der Waals surface area contributed by atoms with Crippen LogP contribution in [0.5, 0.6) is 0 Å². The monoisotopic (exact) mass is 343 g/mol. The SMILES string of the molecule is O=C(CSC(=O)Cl)NCCCCCC(=O)Nc1cccnc1. The molecule has 0 unspecified atom stereocenters. The summed E-state index contributed by atoms with van der Waals surface area (Å²) in [5.41, 5.74) is 0.686. The molecule has 0 saturated heterocycles. The summed E-state index contributed by atoms with van der Waals surface area (Å²) in [5.74, 6) is -0.224. The van der Waals surface area contributed by atoms with Crippen LogP contribution < -0.4 is 10.6 Å². The summed E-state index contributed by atoms with van der Waals surface area (Å²) >= 11 is 5.88. The van der Waals surface area contributed by atoms with E-state index in [-0.39, 0.29) is 17.6 Å². The van der Waals surface area contributed by atoms with Gasteiger partial charge in [-0.2, -0.15) is 0 Å². The van der Waals surface area contributed by atoms with Crippen molar-refractivity contribution in [1.82, 2.24) is 10.3 Å². The lowest BCUT2D eigenvalue weighted by Crippen LogP contribution is -2.26. The third-order valence-electron chi connectivity index (χ3n) is 2.66. The fraction of sp³-hybridized carbons (Fsp3) is 0.429. The van der Waals surface area contributed by atoms with Gasteiger partial charge in [0.05, 0.1) is 17.6 Å². The first kappa shape index (κ1) is 18.4. The van der Waals surface area contributed by atoms with Crippen LogP contribution in [0.4, 0.5) is 10.5 Å². The zero-order valence-corrected chi connectivity index (χ0v) is 13.6. The number of amides is 2. The van der Waals surface area contributed by atoms with E-state index in [0.29, 0.717) is 18.7 Å². The maximum atomic E-state index is 11.6. The van der Waals surface area contributed by atoms with Crippen LogP contribution in [0.15, 0.2) is 24.5 Å². The Morgan fingerprint density at radius 2 is 2.00 bits per heavy atom. The average Bonchev–Trinajstić information content (AvgIpc) is 2.49. The predicted molar refractivity (Wildman–Crippen MR) is 88.1 cm³/mol. The number of pyridine rings is 1. The molecule has 0 radical (unpaired) electrons. The standard InChI is InChI=1S/C14H18ClN3O3S/c15-14(21)22-10-13(20)17-8-3-1-2-6-12(19)18-11-5-4-7-16-9-11/h4-5,7,9H,1-3,6,8,10H2,(H,17,20)(H,18,19). The zero-order chi connectivity index (χ0) is 16.2. The molecule has 120 valence electrons. The average molecular weight is 344 g/mol. The highest BCUT2D eigenvalue weighted by atomic mass is 35.5. The number of halogens is 1. The molecule has 1 aromatic heterocycles. The molecule has 0 bridgehead atoms. The second-order valence-electron chi connectivity index (χ2n) is 4.48. The Kier molecular flexibility index (Phi) is 9.25. The molecule has 0 aliphatic rings. The molecule has 0 saturated carbocycles. The number of nitrogens with zero attached hydrogens (tertiary/aromatic N) is 1. The maximum absolute atomic E-state index is 11.6. The van der Waals surface area contributed by atoms with Gasteiger partial charge in [0.2, 0.25) is 11.8 Å². The van der Waals surface area contributed by atoms with Gasteiger partial charge in [-0.3, -0.25) is 19.4 Å². The molecule has 2 N–H and O–H groups in total. The van der Waals surface area contributed by atoms with E-state index in [1.54, 1.807) is 24.5 Å². The van der Waals surface area contributed by atoms with Crippen LogP contribution in [-0.2, 0) is 9.59 Å². The van der Waals surface area contributed by atoms with Crippen molar-refractivity contribution in [2.75, 3.05) is 17.6 Å². The van der Waals surface area contributed by atoms with E-state index >= 15 is 0 Å². The van der Waals surface area contributed by atoms with Gasteiger partial charge < -0.3 is 10.6 Å². The second kappa shape index (κ2) is 11.0. The quantitative estimate of drug-likeness (QED) is 0.531. The molecule has 6 nitrogen and oxygen atoms in total. The second-order valence-corrected chi connectivity index (χ2v) is 5.99. The van der Waals surface area contributed by atoms with Gasteiger partial charge in [-0.15, -0.1) is 0 Å². The van der Waals surface area contributed by atoms with Crippen molar-refractivity contribution in [3.63, 3.8) is 0 Å². The third-order valence-corrected chi connectivity index (χ3v) is 3.63. The van der Waals surface area contributed by atoms with E-state index in [1.165, 1.54) is 0 Å². The number of hydrogen-bond donors (Lipinski definition) is 2. The lowest BCUT2D eigenvalue weighted by atomic mass is 10.2. The Morgan fingerprint density at radius 1 is 1.18 bits per heavy atom. The summed E-state index contributed by atoms with van der Waals surface area (Å²) in [4.78, 5) is 37.3. The van der Waals surface area contributed by atoms with Crippen molar-refractivity contribution in [2.24, 2.45) is 0 Å². The minimum Gasteiger partial charge on any atom is -0.355 e. The minimum absolute atomic E-state index is 0.0376. The van der Waals surface area contributed by atoms with Crippen LogP contribution in [0, 0.1) is 0 Å². The van der Waals surface area contributed by atoms with Crippen molar-refractivity contribution in [3.05, 3.63) is 24.5 Å². The van der Waals surface area contributed by atoms with Crippen LogP contribution >= 0.6 is 23.4 Å². The highest BCUT2D eigenvalue weighted by Gasteiger charge is 2.05. The number of carbonyl (C=O) groups excluding carboxylic acids is 3. The molecule has 0 fully saturated rings. The van der Waals surface area contributed by atoms with E-state index < -0.39 is 4.57 Å². The fourth-order valence-corrected chi connectivity index (χ4v) is 2.16. The smallest absolute Gasteiger partial charge is 0.280 e. The number of thioether (sulfide) groups is 1. The topological polar surface area (TPSA) is 88.2 Å². The molecule has 0 spiro atoms. The first-order valence-electron chi connectivity index (χ1n) is 6.87. The van der Waals surface area contributed by atoms with Gasteiger partial charge in [-0.1, -0.05) is 18.2 Å². The number of nitrogens with one attached hydrogen (secondary N) is 2. The molecule has 1 rings (SSSR count). The van der Waals surface area contributed by atoms with Crippen LogP contribution in [0.2, 0.25) is 0 Å². The van der Waals surface area contributed by atoms with Crippen molar-refractivity contribution in [2.45, 2.75) is 25.7 Å². The van der Waals surface area contributed by atoms with Crippen LogP contribution in [-0.4, -0.2) is 33.7 Å². The van der Waals surface area contributed by atoms with Crippen molar-refractivity contribution < 1.29 is 14.4 Å². The first-order valence-corrected chi connectivity index (χ1v) is 8.23. The Balaban J connectivity index is 2.00. The normalized spacial score (nSPS) is 10.0. The van der Waals surface area contributed by atoms with Gasteiger partial charge in [-0.05, 0) is 36.6 Å². The van der Waals surface area contributed by atoms with E-state index in [4.69, 9.17) is 11.6 Å². The zero-order valence-electron chi connectivity index (χ0n) is 12.0. The largest absolute Gasteiger partial charge is 0.355 e. The molecule has 0 aliphatic carbocycles. The highest BCUT2D eigenvalue weighted by molar-refractivity contribution is 8.16. The van der Waals surface area contributed by atoms with E-state index in [0.717, 1.165) is 31.0 Å². The predicted octanol–water partition coefficient (Wildman–Crippen LogP) is 2.79. The fourth-order valence-electron chi connectivity index (χ4n) is 1.65. The summed E-state index contributed by atoms with van der Waals surface area (Å²) < 4.78 is -0.588. The Morgan fingerprint density at radius 3 is 2.68 bits per heavy atom. The summed E-state index contributed by atoms with van der Waals surface area (Å²) in [6, 6.07) is 3.54. The molecule has 8 heteroatoms. The molecule has 0 atom stereocenters. The maximum Gasteiger partial charge on any atom is 0.280 e. The lowest BCUT2D eigenvalue weighted by Gasteiger charge is -2.05. The van der Waals surface area contributed by atoms with Gasteiger partial charge in [0.25, 0.3) is 4.57 Å². The summed E-state index contributed by atoms with van der Waals surface area (Å²) in [6.07, 6.45) is 6.03. The van der Waals surface area contributed by atoms with Gasteiger partial charge in [-0.25, -0.2) is 0 Å². The van der Waals surface area contributed by atoms with Crippen molar-refractivity contribution in [3.8, 4) is 0 Å². The molecule has 2 amide bonds. The van der Waals surface area contributed by atoms with Crippen molar-refractivity contribution >= 4 is 45.4 Å². The molecule has 0 aliphatic heterocycles. The van der Waals surface area contributed by atoms with E-state index in [1.807, 2.05) is 0 Å². The Hall–Kier alpha value is -1.60. The molecular weight excluding hydrogens is 326 g/mol. The van der Waals surface area contributed by atoms with Crippen molar-refractivity contribution in [1.29, 1.82) is 0 Å². The number of carbonyl (C=O) groups is 3. The third kappa shape index (κ3) is 9.36. The molecule has 1 aromatic rings. The number of rotatable bonds is 9. The van der Waals surface area contributed by atoms with E-state index in [2.05, 4.69) is 15.6 Å². The number of aromatic nitrogens is 1. The van der Waals surface area contributed by atoms with Gasteiger partial charge in [0.15, 0.2) is 0 Å². The molecule has 0 aromatic carbocycles. The van der Waals surface area contributed by atoms with Gasteiger partial charge in [0.1, 0.15) is 0 Å². The lowest BCUT2D eigenvalue weighted by molar-refractivity contribution is -0.118. The summed E-state index contributed by atoms with van der Waals surface area (Å²) in [5, 5.41) is 5.45. The Labute approximate surface area is 138 Å². The first-order chi connectivity index (χ1) is 10.6. The summed E-state index contributed by atoms with van der Waals surface area (Å²) in [7, 11) is 0. The Bertz CT molecular complexity index is 499. The minimum atomic E-state index is -0.588. The molecule has 22 heavy (non-hydrogen) atoms. The molecular formula is C14H18ClN3O3S. The van der Waals surface area contributed by atoms with Gasteiger partial charge in [0, 0.05) is 19.2 Å². The van der Waals surface area contributed by atoms with E-state index in [9.17, 15) is 14.4 Å². The van der Waals surface area contributed by atoms with Gasteiger partial charge >= 0.3 is 0 Å². The number of anilines is 1. The van der Waals surface area contributed by atoms with Crippen LogP contribution in [0.3, 0.4) is 0 Å².